The fourth-order valence-electron chi connectivity index (χ4n) is 3.14. The molecule has 3 rings (SSSR count). The third kappa shape index (κ3) is 1.82. The van der Waals surface area contributed by atoms with Crippen molar-refractivity contribution in [2.24, 2.45) is 11.7 Å². The van der Waals surface area contributed by atoms with Crippen LogP contribution in [0.25, 0.3) is 5.65 Å². The zero-order chi connectivity index (χ0) is 12.5. The van der Waals surface area contributed by atoms with Crippen molar-refractivity contribution in [3.63, 3.8) is 0 Å². The van der Waals surface area contributed by atoms with Gasteiger partial charge in [0.15, 0.2) is 0 Å². The molecule has 1 saturated heterocycles. The van der Waals surface area contributed by atoms with Crippen molar-refractivity contribution in [1.29, 1.82) is 0 Å². The molecule has 4 heteroatoms. The van der Waals surface area contributed by atoms with Crippen LogP contribution in [0.2, 0.25) is 0 Å². The molecule has 18 heavy (non-hydrogen) atoms. The van der Waals surface area contributed by atoms with Gasteiger partial charge in [-0.15, -0.1) is 0 Å². The van der Waals surface area contributed by atoms with Crippen molar-refractivity contribution >= 4 is 5.65 Å². The molecule has 0 aliphatic carbocycles. The number of hydrogen-bond acceptors (Lipinski definition) is 3. The maximum Gasteiger partial charge on any atom is 0.136 e. The van der Waals surface area contributed by atoms with Gasteiger partial charge in [-0.25, -0.2) is 4.98 Å². The summed E-state index contributed by atoms with van der Waals surface area (Å²) in [5.74, 6) is 0.531. The Hall–Kier alpha value is -1.39. The topological polar surface area (TPSA) is 46.6 Å². The molecule has 0 amide bonds. The van der Waals surface area contributed by atoms with Gasteiger partial charge in [-0.1, -0.05) is 6.07 Å². The SMILES string of the molecule is CN1CCC[C@H](CN)[C@H]1c1cnc2ccccn12. The fourth-order valence-corrected chi connectivity index (χ4v) is 3.14. The summed E-state index contributed by atoms with van der Waals surface area (Å²) < 4.78 is 2.19. The molecule has 1 aliphatic heterocycles. The molecule has 2 N–H and O–H groups in total. The Bertz CT molecular complexity index is 533. The Kier molecular flexibility index (Phi) is 3.06. The summed E-state index contributed by atoms with van der Waals surface area (Å²) in [6.45, 7) is 1.89. The van der Waals surface area contributed by atoms with Gasteiger partial charge in [0, 0.05) is 6.20 Å². The number of likely N-dealkylation sites (tertiary alicyclic amines) is 1. The highest BCUT2D eigenvalue weighted by molar-refractivity contribution is 5.40. The summed E-state index contributed by atoms with van der Waals surface area (Å²) in [6, 6.07) is 6.51. The number of imidazole rings is 1. The minimum absolute atomic E-state index is 0.390. The minimum Gasteiger partial charge on any atom is -0.330 e. The first-order valence-electron chi connectivity index (χ1n) is 6.63. The molecule has 0 bridgehead atoms. The van der Waals surface area contributed by atoms with Crippen LogP contribution in [0.15, 0.2) is 30.6 Å². The Morgan fingerprint density at radius 2 is 2.33 bits per heavy atom. The van der Waals surface area contributed by atoms with E-state index < -0.39 is 0 Å². The lowest BCUT2D eigenvalue weighted by Gasteiger charge is -2.38. The number of hydrogen-bond donors (Lipinski definition) is 1. The highest BCUT2D eigenvalue weighted by Crippen LogP contribution is 2.34. The Labute approximate surface area is 107 Å². The van der Waals surface area contributed by atoms with Crippen LogP contribution >= 0.6 is 0 Å². The van der Waals surface area contributed by atoms with Gasteiger partial charge in [0.25, 0.3) is 0 Å². The smallest absolute Gasteiger partial charge is 0.136 e. The van der Waals surface area contributed by atoms with E-state index in [0.717, 1.165) is 18.7 Å². The van der Waals surface area contributed by atoms with Crippen molar-refractivity contribution in [1.82, 2.24) is 14.3 Å². The van der Waals surface area contributed by atoms with Crippen LogP contribution in [0.4, 0.5) is 0 Å². The molecular weight excluding hydrogens is 224 g/mol. The lowest BCUT2D eigenvalue weighted by Crippen LogP contribution is -2.39. The number of aromatic nitrogens is 2. The van der Waals surface area contributed by atoms with Crippen LogP contribution < -0.4 is 5.73 Å². The standard InChI is InChI=1S/C14H20N4/c1-17-7-4-5-11(9-15)14(17)12-10-16-13-6-2-3-8-18(12)13/h2-3,6,8,10-11,14H,4-5,7,9,15H2,1H3/t11-,14+/m1/s1. The highest BCUT2D eigenvalue weighted by atomic mass is 15.2. The average molecular weight is 244 g/mol. The maximum absolute atomic E-state index is 5.95. The van der Waals surface area contributed by atoms with E-state index in [1.54, 1.807) is 0 Å². The second-order valence-electron chi connectivity index (χ2n) is 5.18. The van der Waals surface area contributed by atoms with Crippen LogP contribution in [-0.2, 0) is 0 Å². The largest absolute Gasteiger partial charge is 0.330 e. The van der Waals surface area contributed by atoms with E-state index in [9.17, 15) is 0 Å². The van der Waals surface area contributed by atoms with E-state index in [-0.39, 0.29) is 0 Å². The van der Waals surface area contributed by atoms with Crippen LogP contribution in [0.1, 0.15) is 24.6 Å². The number of fused-ring (bicyclic) bond motifs is 1. The predicted molar refractivity (Wildman–Crippen MR) is 72.3 cm³/mol. The molecule has 1 fully saturated rings. The Balaban J connectivity index is 2.06. The first-order valence-corrected chi connectivity index (χ1v) is 6.63. The van der Waals surface area contributed by atoms with Crippen molar-refractivity contribution in [3.05, 3.63) is 36.3 Å². The predicted octanol–water partition coefficient (Wildman–Crippen LogP) is 1.68. The lowest BCUT2D eigenvalue weighted by atomic mass is 9.88. The molecule has 0 radical (unpaired) electrons. The monoisotopic (exact) mass is 244 g/mol. The van der Waals surface area contributed by atoms with Crippen LogP contribution in [-0.4, -0.2) is 34.4 Å². The van der Waals surface area contributed by atoms with Gasteiger partial charge in [-0.2, -0.15) is 0 Å². The molecule has 0 saturated carbocycles. The molecular formula is C14H20N4. The van der Waals surface area contributed by atoms with E-state index in [2.05, 4.69) is 33.6 Å². The lowest BCUT2D eigenvalue weighted by molar-refractivity contribution is 0.121. The zero-order valence-electron chi connectivity index (χ0n) is 10.8. The van der Waals surface area contributed by atoms with Crippen LogP contribution in [0.5, 0.6) is 0 Å². The normalized spacial score (nSPS) is 25.7. The van der Waals surface area contributed by atoms with Gasteiger partial charge in [0.1, 0.15) is 5.65 Å². The van der Waals surface area contributed by atoms with E-state index in [1.165, 1.54) is 18.5 Å². The van der Waals surface area contributed by atoms with Gasteiger partial charge < -0.3 is 10.1 Å². The van der Waals surface area contributed by atoms with E-state index in [4.69, 9.17) is 5.73 Å². The van der Waals surface area contributed by atoms with Gasteiger partial charge in [0.2, 0.25) is 0 Å². The number of piperidine rings is 1. The fraction of sp³-hybridized carbons (Fsp3) is 0.500. The summed E-state index contributed by atoms with van der Waals surface area (Å²) in [5, 5.41) is 0. The van der Waals surface area contributed by atoms with Gasteiger partial charge in [-0.3, -0.25) is 4.90 Å². The second-order valence-corrected chi connectivity index (χ2v) is 5.18. The van der Waals surface area contributed by atoms with Crippen molar-refractivity contribution in [2.45, 2.75) is 18.9 Å². The summed E-state index contributed by atoms with van der Waals surface area (Å²) >= 11 is 0. The Morgan fingerprint density at radius 1 is 1.44 bits per heavy atom. The number of nitrogens with two attached hydrogens (primary N) is 1. The first kappa shape index (κ1) is 11.7. The van der Waals surface area contributed by atoms with Gasteiger partial charge >= 0.3 is 0 Å². The molecule has 4 nitrogen and oxygen atoms in total. The molecule has 1 aliphatic rings. The van der Waals surface area contributed by atoms with E-state index >= 15 is 0 Å². The summed E-state index contributed by atoms with van der Waals surface area (Å²) in [4.78, 5) is 6.91. The first-order chi connectivity index (χ1) is 8.81. The third-order valence-corrected chi connectivity index (χ3v) is 4.06. The molecule has 0 unspecified atom stereocenters. The molecule has 2 aromatic heterocycles. The minimum atomic E-state index is 0.390. The average Bonchev–Trinajstić information content (AvgIpc) is 2.82. The molecule has 3 heterocycles. The summed E-state index contributed by atoms with van der Waals surface area (Å²) in [7, 11) is 2.19. The summed E-state index contributed by atoms with van der Waals surface area (Å²) in [6.07, 6.45) is 6.55. The molecule has 0 spiro atoms. The molecule has 2 atom stereocenters. The zero-order valence-corrected chi connectivity index (χ0v) is 10.8. The Morgan fingerprint density at radius 3 is 3.17 bits per heavy atom. The van der Waals surface area contributed by atoms with E-state index in [0.29, 0.717) is 12.0 Å². The van der Waals surface area contributed by atoms with Crippen molar-refractivity contribution in [2.75, 3.05) is 20.1 Å². The van der Waals surface area contributed by atoms with Crippen molar-refractivity contribution in [3.8, 4) is 0 Å². The maximum atomic E-state index is 5.95. The van der Waals surface area contributed by atoms with Crippen LogP contribution in [0, 0.1) is 5.92 Å². The molecule has 96 valence electrons. The van der Waals surface area contributed by atoms with Crippen LogP contribution in [0.3, 0.4) is 0 Å². The third-order valence-electron chi connectivity index (χ3n) is 4.06. The number of pyridine rings is 1. The highest BCUT2D eigenvalue weighted by Gasteiger charge is 2.31. The molecule has 0 aromatic carbocycles. The van der Waals surface area contributed by atoms with E-state index in [1.807, 2.05) is 18.3 Å². The number of rotatable bonds is 2. The van der Waals surface area contributed by atoms with Gasteiger partial charge in [-0.05, 0) is 51.0 Å². The quantitative estimate of drug-likeness (QED) is 0.874. The molecule has 2 aromatic rings. The van der Waals surface area contributed by atoms with Gasteiger partial charge in [0.05, 0.1) is 17.9 Å². The number of nitrogens with zero attached hydrogens (tertiary/aromatic N) is 3. The van der Waals surface area contributed by atoms with Crippen molar-refractivity contribution < 1.29 is 0 Å². The summed E-state index contributed by atoms with van der Waals surface area (Å²) in [5.41, 5.74) is 8.23. The second kappa shape index (κ2) is 4.71.